The van der Waals surface area contributed by atoms with Crippen LogP contribution in [0.25, 0.3) is 5.76 Å². The van der Waals surface area contributed by atoms with Gasteiger partial charge in [-0.2, -0.15) is 0 Å². The van der Waals surface area contributed by atoms with E-state index < -0.39 is 17.7 Å². The van der Waals surface area contributed by atoms with Gasteiger partial charge in [-0.1, -0.05) is 41.5 Å². The summed E-state index contributed by atoms with van der Waals surface area (Å²) in [7, 11) is 0. The van der Waals surface area contributed by atoms with Crippen molar-refractivity contribution in [3.05, 3.63) is 94.7 Å². The smallest absolute Gasteiger partial charge is 0.301 e. The minimum absolute atomic E-state index is 0.0577. The zero-order valence-corrected chi connectivity index (χ0v) is 17.9. The molecule has 1 N–H and O–H groups in total. The van der Waals surface area contributed by atoms with Gasteiger partial charge in [0.2, 0.25) is 0 Å². The lowest BCUT2D eigenvalue weighted by Crippen LogP contribution is -2.29. The number of halogens is 1. The molecule has 0 unspecified atom stereocenters. The Kier molecular flexibility index (Phi) is 5.83. The maximum Gasteiger partial charge on any atom is 0.301 e. The summed E-state index contributed by atoms with van der Waals surface area (Å²) in [5.41, 5.74) is 0.892. The molecule has 1 aliphatic heterocycles. The second kappa shape index (κ2) is 8.72. The minimum Gasteiger partial charge on any atom is -0.507 e. The van der Waals surface area contributed by atoms with Crippen LogP contribution in [0.4, 0.5) is 5.82 Å². The van der Waals surface area contributed by atoms with Gasteiger partial charge in [0.05, 0.1) is 11.6 Å². The van der Waals surface area contributed by atoms with Gasteiger partial charge in [0.25, 0.3) is 5.78 Å². The fourth-order valence-corrected chi connectivity index (χ4v) is 3.64. The van der Waals surface area contributed by atoms with E-state index in [9.17, 15) is 14.7 Å². The average molecular weight is 451 g/mol. The predicted octanol–water partition coefficient (Wildman–Crippen LogP) is 4.83. The number of nitrogens with zero attached hydrogens (tertiary/aromatic N) is 2. The monoisotopic (exact) mass is 450 g/mol. The lowest BCUT2D eigenvalue weighted by Gasteiger charge is -2.22. The van der Waals surface area contributed by atoms with Crippen LogP contribution in [0, 0.1) is 6.92 Å². The molecule has 0 aliphatic carbocycles. The molecule has 2 heterocycles. The third-order valence-corrected chi connectivity index (χ3v) is 5.24. The number of ketones is 1. The summed E-state index contributed by atoms with van der Waals surface area (Å²) in [6, 6.07) is 13.9. The molecule has 0 saturated carbocycles. The van der Waals surface area contributed by atoms with Crippen molar-refractivity contribution >= 4 is 34.9 Å². The molecule has 8 heteroatoms. The lowest BCUT2D eigenvalue weighted by molar-refractivity contribution is -0.132. The van der Waals surface area contributed by atoms with Crippen LogP contribution in [-0.2, 0) is 9.59 Å². The largest absolute Gasteiger partial charge is 0.507 e. The lowest BCUT2D eigenvalue weighted by atomic mass is 9.95. The van der Waals surface area contributed by atoms with Crippen molar-refractivity contribution in [2.75, 3.05) is 11.5 Å². The number of aromatic nitrogens is 1. The highest BCUT2D eigenvalue weighted by atomic mass is 35.5. The zero-order chi connectivity index (χ0) is 22.8. The maximum atomic E-state index is 13.0. The number of Topliss-reactive ketones (excluding diaryl/α,β-unsaturated/α-hetero) is 1. The molecule has 1 atom stereocenters. The van der Waals surface area contributed by atoms with Gasteiger partial charge in [-0.25, -0.2) is 0 Å². The van der Waals surface area contributed by atoms with Crippen molar-refractivity contribution in [2.24, 2.45) is 0 Å². The van der Waals surface area contributed by atoms with E-state index in [2.05, 4.69) is 11.7 Å². The number of amides is 1. The normalized spacial score (nSPS) is 17.6. The van der Waals surface area contributed by atoms with E-state index in [1.54, 1.807) is 67.6 Å². The van der Waals surface area contributed by atoms with Gasteiger partial charge in [-0.05, 0) is 48.9 Å². The number of carbonyl (C=O) groups excluding carboxylic acids is 2. The molecule has 162 valence electrons. The van der Waals surface area contributed by atoms with Crippen molar-refractivity contribution in [1.82, 2.24) is 5.16 Å². The van der Waals surface area contributed by atoms with Crippen LogP contribution in [0.15, 0.2) is 77.3 Å². The van der Waals surface area contributed by atoms with Crippen LogP contribution in [0.3, 0.4) is 0 Å². The summed E-state index contributed by atoms with van der Waals surface area (Å²) >= 11 is 6.02. The van der Waals surface area contributed by atoms with E-state index in [4.69, 9.17) is 20.9 Å². The highest BCUT2D eigenvalue weighted by Gasteiger charge is 2.48. The molecule has 1 amide bonds. The summed E-state index contributed by atoms with van der Waals surface area (Å²) in [5.74, 6) is -0.708. The van der Waals surface area contributed by atoms with E-state index in [-0.39, 0.29) is 17.2 Å². The van der Waals surface area contributed by atoms with Crippen molar-refractivity contribution in [2.45, 2.75) is 13.0 Å². The van der Waals surface area contributed by atoms with Gasteiger partial charge in [0, 0.05) is 16.7 Å². The van der Waals surface area contributed by atoms with Crippen LogP contribution in [0.5, 0.6) is 5.75 Å². The Balaban J connectivity index is 1.84. The SMILES string of the molecule is C=CCOc1ccc(C(O)=C2C(=O)C(=O)N(c3cc(C)on3)[C@H]2c2ccc(Cl)cc2)cc1. The third kappa shape index (κ3) is 3.90. The fraction of sp³-hybridized carbons (Fsp3) is 0.125. The number of rotatable bonds is 6. The predicted molar refractivity (Wildman–Crippen MR) is 120 cm³/mol. The molecule has 7 nitrogen and oxygen atoms in total. The van der Waals surface area contributed by atoms with Crippen LogP contribution in [-0.4, -0.2) is 28.6 Å². The Morgan fingerprint density at radius 2 is 1.91 bits per heavy atom. The first-order valence-electron chi connectivity index (χ1n) is 9.74. The molecule has 0 radical (unpaired) electrons. The van der Waals surface area contributed by atoms with E-state index >= 15 is 0 Å². The first kappa shape index (κ1) is 21.4. The topological polar surface area (TPSA) is 92.9 Å². The van der Waals surface area contributed by atoms with Gasteiger partial charge in [-0.3, -0.25) is 14.5 Å². The first-order chi connectivity index (χ1) is 15.4. The first-order valence-corrected chi connectivity index (χ1v) is 10.1. The number of aryl methyl sites for hydroxylation is 1. The molecule has 1 fully saturated rings. The highest BCUT2D eigenvalue weighted by molar-refractivity contribution is 6.51. The van der Waals surface area contributed by atoms with E-state index in [1.165, 1.54) is 4.90 Å². The molecule has 4 rings (SSSR count). The summed E-state index contributed by atoms with van der Waals surface area (Å²) in [6.45, 7) is 5.62. The third-order valence-electron chi connectivity index (χ3n) is 4.99. The molecular formula is C24H19ClN2O5. The number of carbonyl (C=O) groups is 2. The van der Waals surface area contributed by atoms with Crippen LogP contribution in [0.1, 0.15) is 22.9 Å². The summed E-state index contributed by atoms with van der Waals surface area (Å²) in [5, 5.41) is 15.5. The standard InChI is InChI=1S/C24H19ClN2O5/c1-3-12-31-18-10-6-16(7-11-18)22(28)20-21(15-4-8-17(25)9-5-15)27(24(30)23(20)29)19-13-14(2)32-26-19/h3-11,13,21,28H,1,12H2,2H3/t21-/m0/s1. The Bertz CT molecular complexity index is 1210. The molecular weight excluding hydrogens is 432 g/mol. The molecule has 32 heavy (non-hydrogen) atoms. The summed E-state index contributed by atoms with van der Waals surface area (Å²) in [6.07, 6.45) is 1.62. The van der Waals surface area contributed by atoms with Crippen molar-refractivity contribution < 1.29 is 24.0 Å². The number of hydrogen-bond acceptors (Lipinski definition) is 6. The van der Waals surface area contributed by atoms with Crippen LogP contribution < -0.4 is 9.64 Å². The highest BCUT2D eigenvalue weighted by Crippen LogP contribution is 2.42. The van der Waals surface area contributed by atoms with Gasteiger partial charge >= 0.3 is 5.91 Å². The fourth-order valence-electron chi connectivity index (χ4n) is 3.52. The molecule has 3 aromatic rings. The second-order valence-corrected chi connectivity index (χ2v) is 7.58. The average Bonchev–Trinajstić information content (AvgIpc) is 3.33. The van der Waals surface area contributed by atoms with Crippen LogP contribution in [0.2, 0.25) is 5.02 Å². The van der Waals surface area contributed by atoms with E-state index in [1.807, 2.05) is 0 Å². The molecule has 0 bridgehead atoms. The van der Waals surface area contributed by atoms with E-state index in [0.29, 0.717) is 34.3 Å². The van der Waals surface area contributed by atoms with Gasteiger partial charge in [0.15, 0.2) is 5.82 Å². The van der Waals surface area contributed by atoms with Gasteiger partial charge < -0.3 is 14.4 Å². The number of aliphatic hydroxyl groups excluding tert-OH is 1. The molecule has 0 spiro atoms. The van der Waals surface area contributed by atoms with Gasteiger partial charge in [0.1, 0.15) is 23.9 Å². The second-order valence-electron chi connectivity index (χ2n) is 7.14. The van der Waals surface area contributed by atoms with E-state index in [0.717, 1.165) is 0 Å². The molecule has 1 aromatic heterocycles. The molecule has 2 aromatic carbocycles. The Morgan fingerprint density at radius 1 is 1.22 bits per heavy atom. The minimum atomic E-state index is -0.909. The number of ether oxygens (including phenoxy) is 1. The van der Waals surface area contributed by atoms with Crippen molar-refractivity contribution in [3.63, 3.8) is 0 Å². The number of hydrogen-bond donors (Lipinski definition) is 1. The summed E-state index contributed by atoms with van der Waals surface area (Å²) in [4.78, 5) is 27.2. The van der Waals surface area contributed by atoms with Crippen molar-refractivity contribution in [1.29, 1.82) is 0 Å². The summed E-state index contributed by atoms with van der Waals surface area (Å²) < 4.78 is 10.6. The number of aliphatic hydroxyl groups is 1. The number of anilines is 1. The van der Waals surface area contributed by atoms with Crippen LogP contribution >= 0.6 is 11.6 Å². The zero-order valence-electron chi connectivity index (χ0n) is 17.1. The Morgan fingerprint density at radius 3 is 2.50 bits per heavy atom. The van der Waals surface area contributed by atoms with Gasteiger partial charge in [-0.15, -0.1) is 0 Å². The number of benzene rings is 2. The quantitative estimate of drug-likeness (QED) is 0.250. The Hall–Kier alpha value is -3.84. The van der Waals surface area contributed by atoms with Crippen molar-refractivity contribution in [3.8, 4) is 5.75 Å². The Labute approximate surface area is 189 Å². The molecule has 1 aliphatic rings. The molecule has 1 saturated heterocycles. The maximum absolute atomic E-state index is 13.0.